The Bertz CT molecular complexity index is 1050. The van der Waals surface area contributed by atoms with Crippen LogP contribution in [0.5, 0.6) is 0 Å². The summed E-state index contributed by atoms with van der Waals surface area (Å²) in [6, 6.07) is 3.21. The summed E-state index contributed by atoms with van der Waals surface area (Å²) in [7, 11) is 0. The number of fused-ring (bicyclic) bond motifs is 1. The number of carboxylic acids is 1. The third-order valence-electron chi connectivity index (χ3n) is 5.64. The highest BCUT2D eigenvalue weighted by molar-refractivity contribution is 7.80. The highest BCUT2D eigenvalue weighted by atomic mass is 32.1. The number of aliphatic carboxylic acids is 1. The number of carbonyl (C=O) groups excluding carboxylic acids is 3. The number of aromatic nitrogens is 1. The first-order valence-corrected chi connectivity index (χ1v) is 12.8. The molecule has 3 amide bonds. The molecule has 0 fully saturated rings. The minimum atomic E-state index is -1.23. The van der Waals surface area contributed by atoms with Gasteiger partial charge in [0.25, 0.3) is 0 Å². The molecule has 0 aliphatic carbocycles. The van der Waals surface area contributed by atoms with Gasteiger partial charge in [-0.05, 0) is 37.4 Å². The Balaban J connectivity index is 2.08. The number of nitrogens with two attached hydrogens (primary N) is 2. The Kier molecular flexibility index (Phi) is 12.1. The summed E-state index contributed by atoms with van der Waals surface area (Å²) < 4.78 is 0. The average Bonchev–Trinajstić information content (AvgIpc) is 3.28. The summed E-state index contributed by atoms with van der Waals surface area (Å²) in [6.07, 6.45) is 3.23. The highest BCUT2D eigenvalue weighted by Crippen LogP contribution is 2.19. The molecule has 1 heterocycles. The first-order chi connectivity index (χ1) is 17.2. The van der Waals surface area contributed by atoms with Crippen LogP contribution >= 0.6 is 25.3 Å². The second kappa shape index (κ2) is 14.7. The van der Waals surface area contributed by atoms with Gasteiger partial charge in [-0.25, -0.2) is 4.79 Å². The fourth-order valence-corrected chi connectivity index (χ4v) is 4.01. The van der Waals surface area contributed by atoms with E-state index < -0.39 is 47.9 Å². The Hall–Kier alpha value is -2.74. The molecular weight excluding hydrogens is 504 g/mol. The molecule has 0 aliphatic rings. The number of H-pyrrole nitrogens is 1. The predicted molar refractivity (Wildman–Crippen MR) is 144 cm³/mol. The van der Waals surface area contributed by atoms with E-state index in [1.807, 2.05) is 24.3 Å². The van der Waals surface area contributed by atoms with Crippen LogP contribution in [0.25, 0.3) is 10.9 Å². The Morgan fingerprint density at radius 3 is 2.19 bits per heavy atom. The van der Waals surface area contributed by atoms with Crippen molar-refractivity contribution < 1.29 is 24.3 Å². The Morgan fingerprint density at radius 2 is 1.56 bits per heavy atom. The summed E-state index contributed by atoms with van der Waals surface area (Å²) in [5.74, 6) is -3.07. The van der Waals surface area contributed by atoms with Crippen LogP contribution in [-0.4, -0.2) is 76.0 Å². The van der Waals surface area contributed by atoms with Crippen LogP contribution < -0.4 is 27.4 Å². The van der Waals surface area contributed by atoms with Crippen LogP contribution in [0, 0.1) is 0 Å². The fraction of sp³-hybridized carbons (Fsp3) is 0.478. The molecule has 11 nitrogen and oxygen atoms in total. The number of thiol groups is 2. The molecular formula is C23H34N6O5S2. The molecule has 0 aliphatic heterocycles. The molecule has 0 saturated carbocycles. The van der Waals surface area contributed by atoms with Crippen molar-refractivity contribution in [3.8, 4) is 0 Å². The summed E-state index contributed by atoms with van der Waals surface area (Å²) in [5, 5.41) is 18.2. The SMILES string of the molecule is NCCCCC(NC(=O)C(N)CS)C(=O)NC(CS)C(=O)NC(Cc1c[nH]c2ccccc12)C(=O)O. The molecule has 0 saturated heterocycles. The van der Waals surface area contributed by atoms with Crippen molar-refractivity contribution in [3.63, 3.8) is 0 Å². The number of rotatable bonds is 15. The maximum Gasteiger partial charge on any atom is 0.326 e. The second-order valence-corrected chi connectivity index (χ2v) is 9.07. The van der Waals surface area contributed by atoms with Crippen molar-refractivity contribution in [1.29, 1.82) is 0 Å². The zero-order chi connectivity index (χ0) is 26.7. The molecule has 4 atom stereocenters. The van der Waals surface area contributed by atoms with Crippen molar-refractivity contribution in [2.24, 2.45) is 11.5 Å². The zero-order valence-electron chi connectivity index (χ0n) is 19.8. The monoisotopic (exact) mass is 538 g/mol. The third-order valence-corrected chi connectivity index (χ3v) is 6.40. The van der Waals surface area contributed by atoms with Gasteiger partial charge in [0.15, 0.2) is 0 Å². The number of nitrogens with one attached hydrogen (secondary N) is 4. The van der Waals surface area contributed by atoms with Crippen LogP contribution in [-0.2, 0) is 25.6 Å². The number of carboxylic acid groups (broad SMARTS) is 1. The normalized spacial score (nSPS) is 14.4. The number of aromatic amines is 1. The lowest BCUT2D eigenvalue weighted by Gasteiger charge is -2.24. The Labute approximate surface area is 220 Å². The lowest BCUT2D eigenvalue weighted by Crippen LogP contribution is -2.58. The summed E-state index contributed by atoms with van der Waals surface area (Å²) in [6.45, 7) is 0.424. The van der Waals surface area contributed by atoms with Gasteiger partial charge in [0.2, 0.25) is 17.7 Å². The van der Waals surface area contributed by atoms with E-state index in [0.29, 0.717) is 19.4 Å². The van der Waals surface area contributed by atoms with Crippen molar-refractivity contribution in [2.45, 2.75) is 49.9 Å². The molecule has 13 heteroatoms. The summed E-state index contributed by atoms with van der Waals surface area (Å²) in [5.41, 5.74) is 12.8. The summed E-state index contributed by atoms with van der Waals surface area (Å²) in [4.78, 5) is 53.0. The zero-order valence-corrected chi connectivity index (χ0v) is 21.6. The van der Waals surface area contributed by atoms with Crippen molar-refractivity contribution in [2.75, 3.05) is 18.1 Å². The second-order valence-electron chi connectivity index (χ2n) is 8.34. The van der Waals surface area contributed by atoms with Gasteiger partial charge in [-0.15, -0.1) is 0 Å². The van der Waals surface area contributed by atoms with Crippen molar-refractivity contribution >= 4 is 59.9 Å². The number of unbranched alkanes of at least 4 members (excludes halogenated alkanes) is 1. The van der Waals surface area contributed by atoms with Gasteiger partial charge in [-0.3, -0.25) is 14.4 Å². The maximum atomic E-state index is 12.9. The van der Waals surface area contributed by atoms with Gasteiger partial charge in [0.1, 0.15) is 18.1 Å². The number of hydrogen-bond donors (Lipinski definition) is 9. The molecule has 0 bridgehead atoms. The molecule has 1 aromatic carbocycles. The molecule has 9 N–H and O–H groups in total. The van der Waals surface area contributed by atoms with E-state index in [9.17, 15) is 24.3 Å². The molecule has 2 rings (SSSR count). The lowest BCUT2D eigenvalue weighted by molar-refractivity contribution is -0.142. The van der Waals surface area contributed by atoms with E-state index in [4.69, 9.17) is 11.5 Å². The largest absolute Gasteiger partial charge is 0.480 e. The smallest absolute Gasteiger partial charge is 0.326 e. The van der Waals surface area contributed by atoms with Gasteiger partial charge in [0.05, 0.1) is 6.04 Å². The van der Waals surface area contributed by atoms with E-state index >= 15 is 0 Å². The van der Waals surface area contributed by atoms with Crippen molar-refractivity contribution in [1.82, 2.24) is 20.9 Å². The number of benzene rings is 1. The molecule has 198 valence electrons. The van der Waals surface area contributed by atoms with Crippen molar-refractivity contribution in [3.05, 3.63) is 36.0 Å². The van der Waals surface area contributed by atoms with E-state index in [-0.39, 0.29) is 24.3 Å². The molecule has 4 unspecified atom stereocenters. The minimum absolute atomic E-state index is 0.0394. The first-order valence-electron chi connectivity index (χ1n) is 11.6. The third kappa shape index (κ3) is 8.43. The topological polar surface area (TPSA) is 192 Å². The van der Waals surface area contributed by atoms with Crippen LogP contribution in [0.1, 0.15) is 24.8 Å². The van der Waals surface area contributed by atoms with Gasteiger partial charge < -0.3 is 37.5 Å². The van der Waals surface area contributed by atoms with Crippen LogP contribution in [0.4, 0.5) is 0 Å². The highest BCUT2D eigenvalue weighted by Gasteiger charge is 2.30. The van der Waals surface area contributed by atoms with E-state index in [1.165, 1.54) is 0 Å². The molecule has 0 spiro atoms. The molecule has 1 aromatic heterocycles. The predicted octanol–water partition coefficient (Wildman–Crippen LogP) is -0.435. The number of hydrogen-bond acceptors (Lipinski definition) is 8. The van der Waals surface area contributed by atoms with E-state index in [1.54, 1.807) is 6.20 Å². The van der Waals surface area contributed by atoms with Gasteiger partial charge in [-0.2, -0.15) is 25.3 Å². The van der Waals surface area contributed by atoms with Crippen LogP contribution in [0.15, 0.2) is 30.5 Å². The quantitative estimate of drug-likeness (QED) is 0.108. The van der Waals surface area contributed by atoms with Crippen LogP contribution in [0.2, 0.25) is 0 Å². The van der Waals surface area contributed by atoms with E-state index in [2.05, 4.69) is 46.2 Å². The van der Waals surface area contributed by atoms with Crippen LogP contribution in [0.3, 0.4) is 0 Å². The minimum Gasteiger partial charge on any atom is -0.480 e. The Morgan fingerprint density at radius 1 is 0.917 bits per heavy atom. The summed E-state index contributed by atoms with van der Waals surface area (Å²) >= 11 is 8.15. The van der Waals surface area contributed by atoms with Gasteiger partial charge in [-0.1, -0.05) is 18.2 Å². The van der Waals surface area contributed by atoms with Gasteiger partial charge in [0, 0.05) is 35.0 Å². The van der Waals surface area contributed by atoms with Gasteiger partial charge >= 0.3 is 5.97 Å². The lowest BCUT2D eigenvalue weighted by atomic mass is 10.0. The average molecular weight is 539 g/mol. The van der Waals surface area contributed by atoms with E-state index in [0.717, 1.165) is 16.5 Å². The maximum absolute atomic E-state index is 12.9. The standard InChI is InChI=1S/C23H34N6O5S2/c24-8-4-3-7-17(27-20(30)15(25)11-35)21(31)29-19(12-36)22(32)28-18(23(33)34)9-13-10-26-16-6-2-1-5-14(13)16/h1-2,5-6,10,15,17-19,26,35-36H,3-4,7-9,11-12,24-25H2,(H,27,30)(H,28,32)(H,29,31)(H,33,34). The molecule has 36 heavy (non-hydrogen) atoms. The fourth-order valence-electron chi connectivity index (χ4n) is 3.58. The number of amides is 3. The molecule has 2 aromatic rings. The number of para-hydroxylation sites is 1. The number of carbonyl (C=O) groups is 4. The first kappa shape index (κ1) is 29.5. The molecule has 0 radical (unpaired) electrons.